The molecule has 1 amide bonds. The number of pyridine rings is 2. The number of hydrogen-bond donors (Lipinski definition) is 1. The van der Waals surface area contributed by atoms with Crippen LogP contribution in [0.15, 0.2) is 59.8 Å². The van der Waals surface area contributed by atoms with Crippen LogP contribution in [0.2, 0.25) is 0 Å². The fraction of sp³-hybridized carbons (Fsp3) is 0.333. The molecule has 1 aliphatic carbocycles. The summed E-state index contributed by atoms with van der Waals surface area (Å²) in [6, 6.07) is 11.4. The van der Waals surface area contributed by atoms with Crippen LogP contribution in [0.3, 0.4) is 0 Å². The third kappa shape index (κ3) is 3.46. The Morgan fingerprint density at radius 3 is 2.88 bits per heavy atom. The smallest absolute Gasteiger partial charge is 0.270 e. The normalized spacial score (nSPS) is 20.4. The van der Waals surface area contributed by atoms with E-state index in [1.807, 2.05) is 16.7 Å². The molecule has 6 rings (SSSR count). The summed E-state index contributed by atoms with van der Waals surface area (Å²) in [5.41, 5.74) is 3.14. The Bertz CT molecular complexity index is 1390. The van der Waals surface area contributed by atoms with Crippen LogP contribution in [-0.4, -0.2) is 42.2 Å². The molecular formula is C24H24N6O2. The van der Waals surface area contributed by atoms with Crippen LogP contribution in [0, 0.1) is 5.92 Å². The van der Waals surface area contributed by atoms with Crippen molar-refractivity contribution in [2.24, 2.45) is 5.92 Å². The summed E-state index contributed by atoms with van der Waals surface area (Å²) in [6.07, 6.45) is 9.78. The van der Waals surface area contributed by atoms with E-state index in [1.165, 1.54) is 41.8 Å². The van der Waals surface area contributed by atoms with E-state index in [2.05, 4.69) is 32.4 Å². The lowest BCUT2D eigenvalue weighted by Gasteiger charge is -2.26. The largest absolute Gasteiger partial charge is 0.345 e. The molecule has 5 heterocycles. The van der Waals surface area contributed by atoms with Gasteiger partial charge in [-0.15, -0.1) is 0 Å². The van der Waals surface area contributed by atoms with Crippen molar-refractivity contribution in [3.63, 3.8) is 0 Å². The Hall–Kier alpha value is -3.52. The van der Waals surface area contributed by atoms with E-state index >= 15 is 0 Å². The zero-order valence-electron chi connectivity index (χ0n) is 17.6. The molecule has 2 aliphatic rings. The lowest BCUT2D eigenvalue weighted by Crippen LogP contribution is -2.31. The van der Waals surface area contributed by atoms with E-state index in [4.69, 9.17) is 0 Å². The third-order valence-electron chi connectivity index (χ3n) is 6.70. The van der Waals surface area contributed by atoms with Gasteiger partial charge in [0.25, 0.3) is 11.5 Å². The number of carbonyl (C=O) groups is 1. The topological polar surface area (TPSA) is 84.0 Å². The molecule has 2 fully saturated rings. The fourth-order valence-corrected chi connectivity index (χ4v) is 5.16. The Morgan fingerprint density at radius 2 is 2.03 bits per heavy atom. The Morgan fingerprint density at radius 1 is 1.09 bits per heavy atom. The molecule has 4 aromatic rings. The van der Waals surface area contributed by atoms with E-state index < -0.39 is 5.91 Å². The van der Waals surface area contributed by atoms with Gasteiger partial charge in [-0.3, -0.25) is 18.9 Å². The molecule has 2 atom stereocenters. The standard InChI is InChI=1S/C24H24N6O2/c31-23-10-20(27-22-3-1-2-8-30(22)23)24(32)25-11-18-15-29-14-17(5-7-21(29)26-18)13-28-12-16-4-6-19(28)9-16/h1-3,5,7-8,10,14-16,19H,4,6,9,11-13H2,(H,25,32). The number of rotatable bonds is 5. The molecule has 0 radical (unpaired) electrons. The molecule has 0 spiro atoms. The van der Waals surface area contributed by atoms with Crippen molar-refractivity contribution in [2.45, 2.75) is 38.4 Å². The molecule has 0 aromatic carbocycles. The van der Waals surface area contributed by atoms with Crippen molar-refractivity contribution in [3.8, 4) is 0 Å². The maximum atomic E-state index is 12.6. The zero-order chi connectivity index (χ0) is 21.7. The maximum Gasteiger partial charge on any atom is 0.270 e. The van der Waals surface area contributed by atoms with Gasteiger partial charge in [-0.25, -0.2) is 9.97 Å². The van der Waals surface area contributed by atoms with Gasteiger partial charge < -0.3 is 9.72 Å². The van der Waals surface area contributed by atoms with Crippen molar-refractivity contribution >= 4 is 17.2 Å². The minimum atomic E-state index is -0.393. The zero-order valence-corrected chi connectivity index (χ0v) is 17.6. The molecule has 32 heavy (non-hydrogen) atoms. The second-order valence-electron chi connectivity index (χ2n) is 8.89. The number of nitrogens with one attached hydrogen (secondary N) is 1. The molecule has 1 saturated heterocycles. The molecule has 2 bridgehead atoms. The van der Waals surface area contributed by atoms with Gasteiger partial charge in [-0.1, -0.05) is 12.1 Å². The van der Waals surface area contributed by atoms with E-state index in [0.29, 0.717) is 5.65 Å². The van der Waals surface area contributed by atoms with Crippen LogP contribution in [-0.2, 0) is 13.1 Å². The van der Waals surface area contributed by atoms with Crippen LogP contribution < -0.4 is 10.9 Å². The molecule has 1 aliphatic heterocycles. The summed E-state index contributed by atoms with van der Waals surface area (Å²) in [6.45, 7) is 2.46. The summed E-state index contributed by atoms with van der Waals surface area (Å²) in [7, 11) is 0. The van der Waals surface area contributed by atoms with Gasteiger partial charge in [-0.2, -0.15) is 0 Å². The number of imidazole rings is 1. The number of likely N-dealkylation sites (tertiary alicyclic amines) is 1. The van der Waals surface area contributed by atoms with Gasteiger partial charge in [0.2, 0.25) is 0 Å². The molecule has 162 valence electrons. The quantitative estimate of drug-likeness (QED) is 0.527. The molecule has 8 heteroatoms. The predicted molar refractivity (Wildman–Crippen MR) is 119 cm³/mol. The van der Waals surface area contributed by atoms with E-state index in [0.717, 1.165) is 29.8 Å². The lowest BCUT2D eigenvalue weighted by atomic mass is 10.1. The Balaban J connectivity index is 1.15. The number of aromatic nitrogens is 4. The highest BCUT2D eigenvalue weighted by atomic mass is 16.2. The molecule has 1 saturated carbocycles. The van der Waals surface area contributed by atoms with Crippen molar-refractivity contribution < 1.29 is 4.79 Å². The summed E-state index contributed by atoms with van der Waals surface area (Å²) < 4.78 is 3.43. The van der Waals surface area contributed by atoms with Crippen LogP contribution in [0.1, 0.15) is 41.0 Å². The van der Waals surface area contributed by atoms with Crippen LogP contribution in [0.4, 0.5) is 0 Å². The van der Waals surface area contributed by atoms with E-state index in [9.17, 15) is 9.59 Å². The average Bonchev–Trinajstić information content (AvgIpc) is 3.52. The number of carbonyl (C=O) groups excluding carboxylic acids is 1. The first-order chi connectivity index (χ1) is 15.6. The van der Waals surface area contributed by atoms with Gasteiger partial charge in [0.05, 0.1) is 12.2 Å². The number of hydrogen-bond acceptors (Lipinski definition) is 5. The third-order valence-corrected chi connectivity index (χ3v) is 6.70. The van der Waals surface area contributed by atoms with E-state index in [-0.39, 0.29) is 17.8 Å². The van der Waals surface area contributed by atoms with Crippen LogP contribution in [0.5, 0.6) is 0 Å². The summed E-state index contributed by atoms with van der Waals surface area (Å²) in [5.74, 6) is 0.496. The fourth-order valence-electron chi connectivity index (χ4n) is 5.16. The molecule has 4 aromatic heterocycles. The van der Waals surface area contributed by atoms with Gasteiger partial charge in [0.15, 0.2) is 0 Å². The first-order valence-corrected chi connectivity index (χ1v) is 11.1. The Kier molecular flexibility index (Phi) is 4.53. The lowest BCUT2D eigenvalue weighted by molar-refractivity contribution is 0.0945. The Labute approximate surface area is 184 Å². The first kappa shape index (κ1) is 19.2. The molecular weight excluding hydrogens is 404 g/mol. The van der Waals surface area contributed by atoms with Gasteiger partial charge in [-0.05, 0) is 48.9 Å². The summed E-state index contributed by atoms with van der Waals surface area (Å²) in [5, 5.41) is 2.83. The summed E-state index contributed by atoms with van der Waals surface area (Å²) >= 11 is 0. The monoisotopic (exact) mass is 428 g/mol. The average molecular weight is 428 g/mol. The number of amides is 1. The van der Waals surface area contributed by atoms with Crippen molar-refractivity contribution in [1.29, 1.82) is 0 Å². The minimum Gasteiger partial charge on any atom is -0.345 e. The highest BCUT2D eigenvalue weighted by molar-refractivity contribution is 5.92. The molecule has 8 nitrogen and oxygen atoms in total. The number of piperidine rings is 1. The van der Waals surface area contributed by atoms with Crippen molar-refractivity contribution in [3.05, 3.63) is 82.3 Å². The second kappa shape index (κ2) is 7.56. The molecule has 1 N–H and O–H groups in total. The van der Waals surface area contributed by atoms with Crippen molar-refractivity contribution in [1.82, 2.24) is 29.0 Å². The van der Waals surface area contributed by atoms with Crippen LogP contribution in [0.25, 0.3) is 11.3 Å². The van der Waals surface area contributed by atoms with Crippen molar-refractivity contribution in [2.75, 3.05) is 6.54 Å². The van der Waals surface area contributed by atoms with Gasteiger partial charge >= 0.3 is 0 Å². The number of fused-ring (bicyclic) bond motifs is 4. The predicted octanol–water partition coefficient (Wildman–Crippen LogP) is 2.26. The SMILES string of the molecule is O=C(NCc1cn2cc(CN3CC4CCC3C4)ccc2n1)c1cc(=O)n2ccccc2n1. The minimum absolute atomic E-state index is 0.104. The highest BCUT2D eigenvalue weighted by Gasteiger charge is 2.37. The maximum absolute atomic E-state index is 12.6. The number of nitrogens with zero attached hydrogens (tertiary/aromatic N) is 5. The van der Waals surface area contributed by atoms with E-state index in [1.54, 1.807) is 24.4 Å². The van der Waals surface area contributed by atoms with Gasteiger partial charge in [0.1, 0.15) is 17.0 Å². The van der Waals surface area contributed by atoms with Gasteiger partial charge in [0, 0.05) is 43.8 Å². The van der Waals surface area contributed by atoms with Crippen LogP contribution >= 0.6 is 0 Å². The highest BCUT2D eigenvalue weighted by Crippen LogP contribution is 2.38. The second-order valence-corrected chi connectivity index (χ2v) is 8.89. The summed E-state index contributed by atoms with van der Waals surface area (Å²) in [4.78, 5) is 36.3. The first-order valence-electron chi connectivity index (χ1n) is 11.1. The molecule has 2 unspecified atom stereocenters.